The van der Waals surface area contributed by atoms with Crippen LogP contribution < -0.4 is 4.90 Å². The van der Waals surface area contributed by atoms with Crippen molar-refractivity contribution in [3.8, 4) is 17.3 Å². The minimum absolute atomic E-state index is 0.113. The van der Waals surface area contributed by atoms with Crippen molar-refractivity contribution >= 4 is 5.69 Å². The second-order valence-electron chi connectivity index (χ2n) is 4.19. The van der Waals surface area contributed by atoms with Crippen LogP contribution in [0.4, 0.5) is 14.5 Å². The molecule has 1 heterocycles. The van der Waals surface area contributed by atoms with Crippen molar-refractivity contribution in [2.75, 3.05) is 19.0 Å². The van der Waals surface area contributed by atoms with Gasteiger partial charge in [-0.05, 0) is 24.3 Å². The van der Waals surface area contributed by atoms with Gasteiger partial charge in [-0.2, -0.15) is 5.26 Å². The zero-order valence-corrected chi connectivity index (χ0v) is 10.5. The molecule has 0 aliphatic rings. The third kappa shape index (κ3) is 2.38. The molecule has 0 N–H and O–H groups in total. The first-order valence-electron chi connectivity index (χ1n) is 5.56. The summed E-state index contributed by atoms with van der Waals surface area (Å²) >= 11 is 0. The van der Waals surface area contributed by atoms with Crippen molar-refractivity contribution in [3.05, 3.63) is 47.7 Å². The van der Waals surface area contributed by atoms with Gasteiger partial charge in [0.1, 0.15) is 17.4 Å². The van der Waals surface area contributed by atoms with Gasteiger partial charge < -0.3 is 4.90 Å². The number of pyridine rings is 1. The Bertz CT molecular complexity index is 660. The van der Waals surface area contributed by atoms with E-state index in [0.29, 0.717) is 5.69 Å². The highest BCUT2D eigenvalue weighted by Crippen LogP contribution is 2.27. The Morgan fingerprint density at radius 2 is 1.95 bits per heavy atom. The molecule has 19 heavy (non-hydrogen) atoms. The van der Waals surface area contributed by atoms with Crippen molar-refractivity contribution in [2.45, 2.75) is 0 Å². The van der Waals surface area contributed by atoms with Crippen molar-refractivity contribution in [1.29, 1.82) is 5.26 Å². The number of aromatic nitrogens is 1. The van der Waals surface area contributed by atoms with E-state index in [1.165, 1.54) is 12.1 Å². The van der Waals surface area contributed by atoms with Gasteiger partial charge in [0.15, 0.2) is 5.82 Å². The highest BCUT2D eigenvalue weighted by Gasteiger charge is 2.15. The van der Waals surface area contributed by atoms with Gasteiger partial charge in [0.25, 0.3) is 0 Å². The Kier molecular flexibility index (Phi) is 3.43. The van der Waals surface area contributed by atoms with Crippen LogP contribution in [-0.4, -0.2) is 19.1 Å². The van der Waals surface area contributed by atoms with E-state index in [4.69, 9.17) is 5.26 Å². The number of rotatable bonds is 2. The molecule has 96 valence electrons. The molecule has 1 aromatic heterocycles. The van der Waals surface area contributed by atoms with E-state index in [9.17, 15) is 8.78 Å². The molecule has 1 aromatic carbocycles. The average molecular weight is 259 g/mol. The fraction of sp³-hybridized carbons (Fsp3) is 0.143. The smallest absolute Gasteiger partial charge is 0.153 e. The molecule has 2 rings (SSSR count). The zero-order valence-electron chi connectivity index (χ0n) is 10.5. The Hall–Kier alpha value is -2.48. The van der Waals surface area contributed by atoms with Gasteiger partial charge in [-0.1, -0.05) is 0 Å². The van der Waals surface area contributed by atoms with Gasteiger partial charge >= 0.3 is 0 Å². The van der Waals surface area contributed by atoms with E-state index < -0.39 is 17.2 Å². The standard InChI is InChI=1S/C14H11F2N3/c1-19(2)9-5-6-18-13(7-9)10-3-4-12(15)11(8-17)14(10)16/h3-7H,1-2H3. The third-order valence-electron chi connectivity index (χ3n) is 2.74. The van der Waals surface area contributed by atoms with E-state index in [2.05, 4.69) is 4.98 Å². The topological polar surface area (TPSA) is 39.9 Å². The number of anilines is 1. The summed E-state index contributed by atoms with van der Waals surface area (Å²) in [5.41, 5.74) is 0.726. The molecule has 0 fully saturated rings. The molecule has 0 saturated carbocycles. The van der Waals surface area contributed by atoms with Crippen LogP contribution in [0.15, 0.2) is 30.5 Å². The summed E-state index contributed by atoms with van der Waals surface area (Å²) in [7, 11) is 3.70. The summed E-state index contributed by atoms with van der Waals surface area (Å²) in [5.74, 6) is -1.75. The minimum Gasteiger partial charge on any atom is -0.378 e. The largest absolute Gasteiger partial charge is 0.378 e. The predicted octanol–water partition coefficient (Wildman–Crippen LogP) is 2.96. The number of halogens is 2. The number of hydrogen-bond acceptors (Lipinski definition) is 3. The van der Waals surface area contributed by atoms with E-state index in [1.807, 2.05) is 19.0 Å². The molecule has 0 bridgehead atoms. The highest BCUT2D eigenvalue weighted by molar-refractivity contribution is 5.66. The summed E-state index contributed by atoms with van der Waals surface area (Å²) in [6, 6.07) is 7.33. The molecule has 0 spiro atoms. The summed E-state index contributed by atoms with van der Waals surface area (Å²) in [5, 5.41) is 8.75. The van der Waals surface area contributed by atoms with Crippen LogP contribution in [-0.2, 0) is 0 Å². The highest BCUT2D eigenvalue weighted by atomic mass is 19.1. The molecule has 5 heteroatoms. The van der Waals surface area contributed by atoms with Gasteiger partial charge in [-0.3, -0.25) is 4.98 Å². The van der Waals surface area contributed by atoms with Crippen LogP contribution in [0.2, 0.25) is 0 Å². The first-order valence-corrected chi connectivity index (χ1v) is 5.56. The third-order valence-corrected chi connectivity index (χ3v) is 2.74. The quantitative estimate of drug-likeness (QED) is 0.832. The first-order chi connectivity index (χ1) is 9.04. The molecule has 0 amide bonds. The Morgan fingerprint density at radius 1 is 1.21 bits per heavy atom. The van der Waals surface area contributed by atoms with Crippen LogP contribution in [0.5, 0.6) is 0 Å². The summed E-state index contributed by atoms with van der Waals surface area (Å²) in [6.07, 6.45) is 1.54. The second-order valence-corrected chi connectivity index (χ2v) is 4.19. The molecule has 0 unspecified atom stereocenters. The monoisotopic (exact) mass is 259 g/mol. The molecule has 3 nitrogen and oxygen atoms in total. The summed E-state index contributed by atoms with van der Waals surface area (Å²) in [4.78, 5) is 5.90. The van der Waals surface area contributed by atoms with Gasteiger partial charge in [0.2, 0.25) is 0 Å². The SMILES string of the molecule is CN(C)c1ccnc(-c2ccc(F)c(C#N)c2F)c1. The Morgan fingerprint density at radius 3 is 2.58 bits per heavy atom. The zero-order chi connectivity index (χ0) is 14.0. The van der Waals surface area contributed by atoms with Crippen LogP contribution in [0.3, 0.4) is 0 Å². The number of benzene rings is 1. The number of nitriles is 1. The van der Waals surface area contributed by atoms with Crippen molar-refractivity contribution in [1.82, 2.24) is 4.98 Å². The maximum Gasteiger partial charge on any atom is 0.153 e. The fourth-order valence-electron chi connectivity index (χ4n) is 1.70. The van der Waals surface area contributed by atoms with E-state index in [-0.39, 0.29) is 5.56 Å². The molecule has 0 aliphatic carbocycles. The van der Waals surface area contributed by atoms with Crippen LogP contribution in [0.25, 0.3) is 11.3 Å². The summed E-state index contributed by atoms with van der Waals surface area (Å²) < 4.78 is 27.3. The lowest BCUT2D eigenvalue weighted by molar-refractivity contribution is 0.579. The van der Waals surface area contributed by atoms with E-state index >= 15 is 0 Å². The molecule has 0 aliphatic heterocycles. The Balaban J connectivity index is 2.60. The first kappa shape index (κ1) is 13.0. The van der Waals surface area contributed by atoms with Crippen molar-refractivity contribution < 1.29 is 8.78 Å². The van der Waals surface area contributed by atoms with Crippen LogP contribution in [0, 0.1) is 23.0 Å². The molecule has 2 aromatic rings. The lowest BCUT2D eigenvalue weighted by atomic mass is 10.1. The molecular formula is C14H11F2N3. The van der Waals surface area contributed by atoms with Gasteiger partial charge in [0, 0.05) is 31.5 Å². The van der Waals surface area contributed by atoms with E-state index in [0.717, 1.165) is 11.8 Å². The molecule has 0 atom stereocenters. The van der Waals surface area contributed by atoms with Crippen molar-refractivity contribution in [2.24, 2.45) is 0 Å². The van der Waals surface area contributed by atoms with Gasteiger partial charge in [-0.15, -0.1) is 0 Å². The van der Waals surface area contributed by atoms with Crippen LogP contribution in [0.1, 0.15) is 5.56 Å². The lowest BCUT2D eigenvalue weighted by Gasteiger charge is -2.13. The number of hydrogen-bond donors (Lipinski definition) is 0. The van der Waals surface area contributed by atoms with Gasteiger partial charge in [0.05, 0.1) is 5.69 Å². The predicted molar refractivity (Wildman–Crippen MR) is 68.6 cm³/mol. The maximum absolute atomic E-state index is 14.0. The normalized spacial score (nSPS) is 10.1. The van der Waals surface area contributed by atoms with E-state index in [1.54, 1.807) is 18.3 Å². The number of nitrogens with zero attached hydrogens (tertiary/aromatic N) is 3. The fourth-order valence-corrected chi connectivity index (χ4v) is 1.70. The molecular weight excluding hydrogens is 248 g/mol. The average Bonchev–Trinajstić information content (AvgIpc) is 2.39. The minimum atomic E-state index is -0.883. The van der Waals surface area contributed by atoms with Crippen LogP contribution >= 0.6 is 0 Å². The molecule has 0 radical (unpaired) electrons. The lowest BCUT2D eigenvalue weighted by Crippen LogP contribution is -2.08. The van der Waals surface area contributed by atoms with Crippen molar-refractivity contribution in [3.63, 3.8) is 0 Å². The maximum atomic E-state index is 14.0. The second kappa shape index (κ2) is 5.02. The Labute approximate surface area is 109 Å². The summed E-state index contributed by atoms with van der Waals surface area (Å²) in [6.45, 7) is 0. The van der Waals surface area contributed by atoms with Gasteiger partial charge in [-0.25, -0.2) is 8.78 Å². The molecule has 0 saturated heterocycles.